The lowest BCUT2D eigenvalue weighted by Crippen LogP contribution is -2.50. The topological polar surface area (TPSA) is 65.2 Å². The molecule has 0 atom stereocenters. The van der Waals surface area contributed by atoms with Crippen LogP contribution in [0.15, 0.2) is 30.6 Å². The first-order valence-corrected chi connectivity index (χ1v) is 7.45. The zero-order valence-corrected chi connectivity index (χ0v) is 13.3. The number of hydrogen-bond acceptors (Lipinski definition) is 4. The molecular weight excluding hydrogens is 335 g/mol. The zero-order chi connectivity index (χ0) is 18.2. The maximum absolute atomic E-state index is 12.9. The van der Waals surface area contributed by atoms with Crippen molar-refractivity contribution < 1.29 is 18.0 Å². The molecule has 0 radical (unpaired) electrons. The lowest BCUT2D eigenvalue weighted by molar-refractivity contribution is -0.137. The lowest BCUT2D eigenvalue weighted by Gasteiger charge is -2.35. The van der Waals surface area contributed by atoms with Crippen molar-refractivity contribution >= 4 is 17.3 Å². The molecule has 0 saturated carbocycles. The summed E-state index contributed by atoms with van der Waals surface area (Å²) >= 11 is 0. The van der Waals surface area contributed by atoms with Gasteiger partial charge in [0.2, 0.25) is 5.91 Å². The Bertz CT molecular complexity index is 852. The third kappa shape index (κ3) is 3.28. The number of rotatable bonds is 2. The normalized spacial score (nSPS) is 15.4. The summed E-state index contributed by atoms with van der Waals surface area (Å²) in [5.41, 5.74) is -0.327. The number of piperazine rings is 1. The number of benzene rings is 1. The van der Waals surface area contributed by atoms with E-state index >= 15 is 0 Å². The van der Waals surface area contributed by atoms with E-state index in [0.29, 0.717) is 24.5 Å². The summed E-state index contributed by atoms with van der Waals surface area (Å²) in [6.07, 6.45) is -1.28. The van der Waals surface area contributed by atoms with Gasteiger partial charge in [0, 0.05) is 32.0 Å². The molecule has 2 aromatic rings. The van der Waals surface area contributed by atoms with E-state index in [1.165, 1.54) is 12.1 Å². The minimum Gasteiger partial charge on any atom is -0.360 e. The molecule has 3 rings (SSSR count). The summed E-state index contributed by atoms with van der Waals surface area (Å²) in [6, 6.07) is 4.92. The predicted octanol–water partition coefficient (Wildman–Crippen LogP) is 2.16. The van der Waals surface area contributed by atoms with Crippen LogP contribution in [0.2, 0.25) is 0 Å². The van der Waals surface area contributed by atoms with Crippen LogP contribution in [-0.2, 0) is 18.0 Å². The first-order chi connectivity index (χ1) is 11.8. The first-order valence-electron chi connectivity index (χ1n) is 7.45. The van der Waals surface area contributed by atoms with Crippen LogP contribution >= 0.6 is 0 Å². The smallest absolute Gasteiger partial charge is 0.360 e. The van der Waals surface area contributed by atoms with Gasteiger partial charge in [-0.15, -0.1) is 0 Å². The number of amides is 1. The van der Waals surface area contributed by atoms with E-state index in [2.05, 4.69) is 5.10 Å². The SMILES string of the molecule is Cn1cc(N2CCN(c3ccc(C(F)(F)F)c(C#N)c3)CC2=O)cn1. The van der Waals surface area contributed by atoms with Crippen LogP contribution in [0.4, 0.5) is 24.5 Å². The summed E-state index contributed by atoms with van der Waals surface area (Å²) in [5, 5.41) is 13.0. The van der Waals surface area contributed by atoms with Crippen molar-refractivity contribution in [2.24, 2.45) is 7.05 Å². The highest BCUT2D eigenvalue weighted by atomic mass is 19.4. The van der Waals surface area contributed by atoms with E-state index in [9.17, 15) is 18.0 Å². The van der Waals surface area contributed by atoms with Crippen LogP contribution in [-0.4, -0.2) is 35.3 Å². The van der Waals surface area contributed by atoms with Gasteiger partial charge in [-0.1, -0.05) is 0 Å². The van der Waals surface area contributed by atoms with Gasteiger partial charge in [0.25, 0.3) is 0 Å². The molecule has 1 aliphatic rings. The number of alkyl halides is 3. The number of aromatic nitrogens is 2. The van der Waals surface area contributed by atoms with E-state index in [0.717, 1.165) is 6.07 Å². The molecule has 0 spiro atoms. The van der Waals surface area contributed by atoms with Crippen molar-refractivity contribution in [1.82, 2.24) is 9.78 Å². The summed E-state index contributed by atoms with van der Waals surface area (Å²) < 4.78 is 40.2. The number of halogens is 3. The molecule has 1 fully saturated rings. The molecule has 0 unspecified atom stereocenters. The fourth-order valence-corrected chi connectivity index (χ4v) is 2.78. The molecule has 2 heterocycles. The molecule has 6 nitrogen and oxygen atoms in total. The van der Waals surface area contributed by atoms with Crippen LogP contribution in [0, 0.1) is 11.3 Å². The summed E-state index contributed by atoms with van der Waals surface area (Å²) in [4.78, 5) is 15.6. The third-order valence-corrected chi connectivity index (χ3v) is 4.02. The molecule has 0 N–H and O–H groups in total. The van der Waals surface area contributed by atoms with Gasteiger partial charge in [-0.25, -0.2) is 0 Å². The van der Waals surface area contributed by atoms with Crippen LogP contribution in [0.1, 0.15) is 11.1 Å². The Morgan fingerprint density at radius 1 is 1.24 bits per heavy atom. The Hall–Kier alpha value is -3.02. The predicted molar refractivity (Wildman–Crippen MR) is 83.9 cm³/mol. The van der Waals surface area contributed by atoms with Gasteiger partial charge in [0.1, 0.15) is 0 Å². The van der Waals surface area contributed by atoms with Crippen molar-refractivity contribution in [2.75, 3.05) is 29.4 Å². The molecule has 1 aliphatic heterocycles. The van der Waals surface area contributed by atoms with Crippen molar-refractivity contribution in [3.63, 3.8) is 0 Å². The molecule has 9 heteroatoms. The van der Waals surface area contributed by atoms with Gasteiger partial charge in [-0.05, 0) is 18.2 Å². The van der Waals surface area contributed by atoms with Crippen molar-refractivity contribution in [1.29, 1.82) is 5.26 Å². The molecule has 1 aromatic heterocycles. The second kappa shape index (κ2) is 6.12. The molecule has 25 heavy (non-hydrogen) atoms. The second-order valence-electron chi connectivity index (χ2n) is 5.68. The Morgan fingerprint density at radius 2 is 2.00 bits per heavy atom. The lowest BCUT2D eigenvalue weighted by atomic mass is 10.1. The Morgan fingerprint density at radius 3 is 2.56 bits per heavy atom. The molecule has 0 aliphatic carbocycles. The molecule has 130 valence electrons. The van der Waals surface area contributed by atoms with Gasteiger partial charge in [0.15, 0.2) is 0 Å². The number of nitriles is 1. The molecule has 0 bridgehead atoms. The quantitative estimate of drug-likeness (QED) is 0.833. The molecule has 1 aromatic carbocycles. The standard InChI is InChI=1S/C16H14F3N5O/c1-22-9-13(8-21-22)24-5-4-23(10-15(24)25)12-2-3-14(16(17,18)19)11(6-12)7-20/h2-3,6,8-9H,4-5,10H2,1H3. The zero-order valence-electron chi connectivity index (χ0n) is 13.3. The largest absolute Gasteiger partial charge is 0.417 e. The highest BCUT2D eigenvalue weighted by Crippen LogP contribution is 2.34. The van der Waals surface area contributed by atoms with Crippen LogP contribution in [0.3, 0.4) is 0 Å². The van der Waals surface area contributed by atoms with Gasteiger partial charge < -0.3 is 9.80 Å². The first kappa shape index (κ1) is 16.8. The highest BCUT2D eigenvalue weighted by Gasteiger charge is 2.34. The number of aryl methyl sites for hydroxylation is 1. The number of carbonyl (C=O) groups excluding carboxylic acids is 1. The van der Waals surface area contributed by atoms with E-state index in [4.69, 9.17) is 5.26 Å². The van der Waals surface area contributed by atoms with Gasteiger partial charge in [-0.2, -0.15) is 23.5 Å². The van der Waals surface area contributed by atoms with Crippen molar-refractivity contribution in [3.05, 3.63) is 41.7 Å². The van der Waals surface area contributed by atoms with E-state index in [1.807, 2.05) is 0 Å². The maximum atomic E-state index is 12.9. The summed E-state index contributed by atoms with van der Waals surface area (Å²) in [5.74, 6) is -0.183. The Balaban J connectivity index is 1.81. The Kier molecular flexibility index (Phi) is 4.12. The minimum absolute atomic E-state index is 0.0190. The van der Waals surface area contributed by atoms with Crippen LogP contribution in [0.25, 0.3) is 0 Å². The van der Waals surface area contributed by atoms with Crippen molar-refractivity contribution in [2.45, 2.75) is 6.18 Å². The number of nitrogens with zero attached hydrogens (tertiary/aromatic N) is 5. The Labute approximate surface area is 141 Å². The average Bonchev–Trinajstić information content (AvgIpc) is 2.99. The van der Waals surface area contributed by atoms with E-state index in [-0.39, 0.29) is 12.5 Å². The van der Waals surface area contributed by atoms with Gasteiger partial charge in [-0.3, -0.25) is 9.48 Å². The maximum Gasteiger partial charge on any atom is 0.417 e. The van der Waals surface area contributed by atoms with Gasteiger partial charge in [0.05, 0.1) is 35.6 Å². The van der Waals surface area contributed by atoms with Crippen molar-refractivity contribution in [3.8, 4) is 6.07 Å². The third-order valence-electron chi connectivity index (χ3n) is 4.02. The number of carbonyl (C=O) groups is 1. The minimum atomic E-state index is -4.58. The molecule has 1 saturated heterocycles. The van der Waals surface area contributed by atoms with E-state index < -0.39 is 17.3 Å². The summed E-state index contributed by atoms with van der Waals surface area (Å²) in [6.45, 7) is 0.843. The summed E-state index contributed by atoms with van der Waals surface area (Å²) in [7, 11) is 1.75. The van der Waals surface area contributed by atoms with Gasteiger partial charge >= 0.3 is 6.18 Å². The van der Waals surface area contributed by atoms with E-state index in [1.54, 1.807) is 40.0 Å². The average molecular weight is 349 g/mol. The monoisotopic (exact) mass is 349 g/mol. The highest BCUT2D eigenvalue weighted by molar-refractivity contribution is 5.97. The van der Waals surface area contributed by atoms with Crippen LogP contribution in [0.5, 0.6) is 0 Å². The second-order valence-corrected chi connectivity index (χ2v) is 5.68. The molecule has 1 amide bonds. The number of anilines is 2. The number of hydrogen-bond donors (Lipinski definition) is 0. The van der Waals surface area contributed by atoms with Crippen LogP contribution < -0.4 is 9.80 Å². The fourth-order valence-electron chi connectivity index (χ4n) is 2.78. The molecular formula is C16H14F3N5O. The fraction of sp³-hybridized carbons (Fsp3) is 0.312.